The van der Waals surface area contributed by atoms with E-state index in [1.807, 2.05) is 0 Å². The van der Waals surface area contributed by atoms with Crippen LogP contribution in [0.25, 0.3) is 0 Å². The van der Waals surface area contributed by atoms with Gasteiger partial charge in [0.1, 0.15) is 0 Å². The van der Waals surface area contributed by atoms with Gasteiger partial charge >= 0.3 is 0 Å². The van der Waals surface area contributed by atoms with E-state index < -0.39 is 0 Å². The van der Waals surface area contributed by atoms with Gasteiger partial charge in [0, 0.05) is 0 Å². The molecule has 0 aromatic rings. The lowest BCUT2D eigenvalue weighted by Crippen LogP contribution is -2.06. The summed E-state index contributed by atoms with van der Waals surface area (Å²) in [6, 6.07) is 0. The molecule has 0 saturated heterocycles. The van der Waals surface area contributed by atoms with Crippen LogP contribution in [0.2, 0.25) is 0 Å². The Morgan fingerprint density at radius 2 is 1.11 bits per heavy atom. The van der Waals surface area contributed by atoms with Gasteiger partial charge in [-0.3, -0.25) is 0 Å². The minimum atomic E-state index is 0.783. The molecule has 0 nitrogen and oxygen atoms in total. The predicted octanol–water partition coefficient (Wildman–Crippen LogP) is 6.29. The monoisotopic (exact) mass is 248 g/mol. The van der Waals surface area contributed by atoms with E-state index in [2.05, 4.69) is 41.5 Å². The molecule has 0 aliphatic heterocycles. The molecule has 0 spiro atoms. The summed E-state index contributed by atoms with van der Waals surface area (Å²) in [5.41, 5.74) is 6.74. The van der Waals surface area contributed by atoms with Gasteiger partial charge in [-0.05, 0) is 75.4 Å². The van der Waals surface area contributed by atoms with Crippen LogP contribution < -0.4 is 0 Å². The summed E-state index contributed by atoms with van der Waals surface area (Å²) in [6.45, 7) is 14.1. The van der Waals surface area contributed by atoms with E-state index in [-0.39, 0.29) is 0 Å². The van der Waals surface area contributed by atoms with E-state index in [0.717, 1.165) is 11.8 Å². The van der Waals surface area contributed by atoms with Crippen LogP contribution in [-0.2, 0) is 0 Å². The molecule has 1 aliphatic rings. The second-order valence-electron chi connectivity index (χ2n) is 6.92. The van der Waals surface area contributed by atoms with Crippen molar-refractivity contribution in [2.45, 2.75) is 80.1 Å². The summed E-state index contributed by atoms with van der Waals surface area (Å²) in [4.78, 5) is 0. The van der Waals surface area contributed by atoms with Crippen molar-refractivity contribution in [2.75, 3.05) is 0 Å². The second kappa shape index (κ2) is 7.16. The minimum absolute atomic E-state index is 0.783. The van der Waals surface area contributed by atoms with Gasteiger partial charge in [-0.2, -0.15) is 0 Å². The molecule has 1 rings (SSSR count). The first kappa shape index (κ1) is 15.5. The van der Waals surface area contributed by atoms with Gasteiger partial charge in [0.05, 0.1) is 0 Å². The highest BCUT2D eigenvalue weighted by atomic mass is 14.2. The van der Waals surface area contributed by atoms with Crippen molar-refractivity contribution >= 4 is 0 Å². The summed E-state index contributed by atoms with van der Waals surface area (Å²) < 4.78 is 0. The average Bonchev–Trinajstić information content (AvgIpc) is 2.27. The van der Waals surface area contributed by atoms with E-state index in [1.165, 1.54) is 38.5 Å². The van der Waals surface area contributed by atoms with Crippen LogP contribution in [0.1, 0.15) is 80.1 Å². The van der Waals surface area contributed by atoms with Gasteiger partial charge in [-0.1, -0.05) is 38.8 Å². The minimum Gasteiger partial charge on any atom is -0.0696 e. The van der Waals surface area contributed by atoms with Gasteiger partial charge in [-0.15, -0.1) is 0 Å². The Balaban J connectivity index is 2.99. The third-order valence-corrected chi connectivity index (χ3v) is 3.93. The smallest absolute Gasteiger partial charge is 0.0277 e. The molecule has 0 unspecified atom stereocenters. The fourth-order valence-corrected chi connectivity index (χ4v) is 3.32. The lowest BCUT2D eigenvalue weighted by Gasteiger charge is -2.25. The van der Waals surface area contributed by atoms with Gasteiger partial charge in [-0.25, -0.2) is 0 Å². The van der Waals surface area contributed by atoms with Crippen molar-refractivity contribution < 1.29 is 0 Å². The van der Waals surface area contributed by atoms with Gasteiger partial charge < -0.3 is 0 Å². The summed E-state index contributed by atoms with van der Waals surface area (Å²) in [5.74, 6) is 1.57. The Hall–Kier alpha value is -0.520. The van der Waals surface area contributed by atoms with Crippen molar-refractivity contribution in [2.24, 2.45) is 11.8 Å². The van der Waals surface area contributed by atoms with Crippen molar-refractivity contribution in [3.05, 3.63) is 22.3 Å². The van der Waals surface area contributed by atoms with Crippen molar-refractivity contribution in [1.82, 2.24) is 0 Å². The van der Waals surface area contributed by atoms with Crippen LogP contribution in [-0.4, -0.2) is 0 Å². The maximum absolute atomic E-state index is 2.36. The third-order valence-electron chi connectivity index (χ3n) is 3.93. The number of hydrogen-bond acceptors (Lipinski definition) is 0. The number of rotatable bonds is 4. The Morgan fingerprint density at radius 1 is 0.778 bits per heavy atom. The molecule has 0 bridgehead atoms. The third kappa shape index (κ3) is 4.63. The molecule has 18 heavy (non-hydrogen) atoms. The Kier molecular flexibility index (Phi) is 6.18. The SMILES string of the molecule is CC(CC(C)C)=C1CCCCC1=C(C)CC(C)C. The molecule has 0 N–H and O–H groups in total. The van der Waals surface area contributed by atoms with Crippen LogP contribution in [0.15, 0.2) is 22.3 Å². The summed E-state index contributed by atoms with van der Waals surface area (Å²) >= 11 is 0. The quantitative estimate of drug-likeness (QED) is 0.549. The van der Waals surface area contributed by atoms with E-state index in [1.54, 1.807) is 22.3 Å². The Labute approximate surface area is 115 Å². The zero-order chi connectivity index (χ0) is 13.7. The molecule has 1 fully saturated rings. The Bertz CT molecular complexity index is 292. The van der Waals surface area contributed by atoms with Gasteiger partial charge in [0.25, 0.3) is 0 Å². The first-order valence-electron chi connectivity index (χ1n) is 7.79. The van der Waals surface area contributed by atoms with Crippen molar-refractivity contribution in [3.63, 3.8) is 0 Å². The summed E-state index contributed by atoms with van der Waals surface area (Å²) in [7, 11) is 0. The zero-order valence-corrected chi connectivity index (χ0v) is 13.4. The van der Waals surface area contributed by atoms with Crippen LogP contribution in [0.4, 0.5) is 0 Å². The lowest BCUT2D eigenvalue weighted by molar-refractivity contribution is 0.603. The highest BCUT2D eigenvalue weighted by Crippen LogP contribution is 2.36. The van der Waals surface area contributed by atoms with Crippen molar-refractivity contribution in [1.29, 1.82) is 0 Å². The molecule has 1 aliphatic carbocycles. The van der Waals surface area contributed by atoms with Crippen LogP contribution in [0.3, 0.4) is 0 Å². The van der Waals surface area contributed by atoms with Gasteiger partial charge in [0.15, 0.2) is 0 Å². The fraction of sp³-hybridized carbons (Fsp3) is 0.778. The maximum atomic E-state index is 2.36. The van der Waals surface area contributed by atoms with Gasteiger partial charge in [0.2, 0.25) is 0 Å². The average molecular weight is 248 g/mol. The zero-order valence-electron chi connectivity index (χ0n) is 13.4. The molecule has 0 amide bonds. The maximum Gasteiger partial charge on any atom is -0.0277 e. The molecule has 0 heteroatoms. The highest BCUT2D eigenvalue weighted by Gasteiger charge is 2.17. The first-order valence-corrected chi connectivity index (χ1v) is 7.79. The largest absolute Gasteiger partial charge is 0.0696 e. The Morgan fingerprint density at radius 3 is 1.39 bits per heavy atom. The number of allylic oxidation sites excluding steroid dienone is 4. The first-order chi connectivity index (χ1) is 8.41. The van der Waals surface area contributed by atoms with Crippen LogP contribution in [0.5, 0.6) is 0 Å². The molecule has 0 atom stereocenters. The van der Waals surface area contributed by atoms with Crippen LogP contribution >= 0.6 is 0 Å². The molecule has 0 heterocycles. The standard InChI is InChI=1S/C18H32/c1-13(2)11-15(5)17-9-7-8-10-18(17)16(6)12-14(3)4/h13-14H,7-12H2,1-6H3. The van der Waals surface area contributed by atoms with E-state index in [9.17, 15) is 0 Å². The molecule has 1 saturated carbocycles. The van der Waals surface area contributed by atoms with E-state index >= 15 is 0 Å². The summed E-state index contributed by atoms with van der Waals surface area (Å²) in [6.07, 6.45) is 7.97. The molecule has 104 valence electrons. The molecular formula is C18H32. The molecule has 0 aromatic carbocycles. The van der Waals surface area contributed by atoms with E-state index in [4.69, 9.17) is 0 Å². The van der Waals surface area contributed by atoms with Crippen molar-refractivity contribution in [3.8, 4) is 0 Å². The number of hydrogen-bond donors (Lipinski definition) is 0. The molecule has 0 aromatic heterocycles. The van der Waals surface area contributed by atoms with E-state index in [0.29, 0.717) is 0 Å². The summed E-state index contributed by atoms with van der Waals surface area (Å²) in [5, 5.41) is 0. The van der Waals surface area contributed by atoms with Crippen LogP contribution in [0, 0.1) is 11.8 Å². The lowest BCUT2D eigenvalue weighted by atomic mass is 9.81. The fourth-order valence-electron chi connectivity index (χ4n) is 3.32. The molecular weight excluding hydrogens is 216 g/mol. The molecule has 0 radical (unpaired) electrons. The predicted molar refractivity (Wildman–Crippen MR) is 82.8 cm³/mol. The second-order valence-corrected chi connectivity index (χ2v) is 6.92. The highest BCUT2D eigenvalue weighted by molar-refractivity contribution is 5.39. The normalized spacial score (nSPS) is 22.7. The topological polar surface area (TPSA) is 0 Å².